The van der Waals surface area contributed by atoms with E-state index in [1.165, 1.54) is 11.9 Å². The normalized spacial score (nSPS) is 16.3. The number of carbonyl (C=O) groups excluding carboxylic acids is 2. The lowest BCUT2D eigenvalue weighted by molar-refractivity contribution is -0.123. The van der Waals surface area contributed by atoms with Crippen LogP contribution < -0.4 is 5.32 Å². The van der Waals surface area contributed by atoms with Crippen molar-refractivity contribution in [1.82, 2.24) is 20.1 Å². The van der Waals surface area contributed by atoms with E-state index < -0.39 is 23.1 Å². The van der Waals surface area contributed by atoms with Gasteiger partial charge in [0.05, 0.1) is 5.69 Å². The molecule has 0 spiro atoms. The number of likely N-dealkylation sites (N-methyl/N-ethyl adjacent to an activating group) is 1. The third-order valence-electron chi connectivity index (χ3n) is 5.83. The van der Waals surface area contributed by atoms with Gasteiger partial charge in [-0.15, -0.1) is 0 Å². The van der Waals surface area contributed by atoms with Gasteiger partial charge in [0, 0.05) is 43.1 Å². The molecule has 1 aliphatic heterocycles. The van der Waals surface area contributed by atoms with Crippen LogP contribution in [0.3, 0.4) is 0 Å². The van der Waals surface area contributed by atoms with Gasteiger partial charge in [0.1, 0.15) is 5.84 Å². The fraction of sp³-hybridized carbons (Fsp3) is 0.214. The minimum Gasteiger partial charge on any atom is -0.605 e. The topological polar surface area (TPSA) is 112 Å². The highest BCUT2D eigenvalue weighted by atomic mass is 32.2. The summed E-state index contributed by atoms with van der Waals surface area (Å²) in [6.45, 7) is 4.38. The van der Waals surface area contributed by atoms with Crippen LogP contribution in [0.5, 0.6) is 0 Å². The van der Waals surface area contributed by atoms with Crippen molar-refractivity contribution in [3.8, 4) is 11.3 Å². The molecular formula is C28H29N5O3S. The molecule has 1 fully saturated rings. The number of rotatable bonds is 8. The lowest BCUT2D eigenvalue weighted by Gasteiger charge is -2.35. The van der Waals surface area contributed by atoms with E-state index in [-0.39, 0.29) is 35.4 Å². The first kappa shape index (κ1) is 26.1. The second kappa shape index (κ2) is 11.4. The molecule has 0 radical (unpaired) electrons. The molecule has 8 nitrogen and oxygen atoms in total. The van der Waals surface area contributed by atoms with Crippen molar-refractivity contribution in [2.75, 3.05) is 13.6 Å². The van der Waals surface area contributed by atoms with Gasteiger partial charge in [-0.25, -0.2) is 4.79 Å². The van der Waals surface area contributed by atoms with Crippen LogP contribution in [0.2, 0.25) is 0 Å². The monoisotopic (exact) mass is 515 g/mol. The van der Waals surface area contributed by atoms with Crippen LogP contribution in [0.15, 0.2) is 94.5 Å². The zero-order valence-corrected chi connectivity index (χ0v) is 21.8. The molecule has 190 valence electrons. The standard InChI is InChI=1S/C28H29N5O3S/c1-19(2)18-33-25(29)24(27(34)32(3)28(33)35)26(37(36)22-9-5-4-6-10-22)31-17-20-12-14-21(15-13-20)23-11-7-8-16-30-23/h4-16,19,29,31H,17-18H2,1-3H3/b26-24-,29-25?. The fourth-order valence-corrected chi connectivity index (χ4v) is 5.14. The van der Waals surface area contributed by atoms with Crippen LogP contribution in [0.4, 0.5) is 4.79 Å². The number of amidine groups is 1. The Balaban J connectivity index is 1.69. The lowest BCUT2D eigenvalue weighted by atomic mass is 10.1. The summed E-state index contributed by atoms with van der Waals surface area (Å²) in [6, 6.07) is 21.7. The van der Waals surface area contributed by atoms with Crippen molar-refractivity contribution in [3.63, 3.8) is 0 Å². The SMILES string of the molecule is CC(C)CN1C(=N)/C(=C(\NCc2ccc(-c3ccccn3)cc2)[S+]([O-])c2ccccc2)C(=O)N(C)C1=O. The first-order valence-corrected chi connectivity index (χ1v) is 13.1. The molecule has 2 aromatic carbocycles. The van der Waals surface area contributed by atoms with Gasteiger partial charge in [0.25, 0.3) is 5.91 Å². The van der Waals surface area contributed by atoms with E-state index in [1.54, 1.807) is 30.5 Å². The Hall–Kier alpha value is -3.95. The Kier molecular flexibility index (Phi) is 8.05. The molecule has 0 bridgehead atoms. The number of benzene rings is 2. The van der Waals surface area contributed by atoms with Gasteiger partial charge in [-0.1, -0.05) is 62.4 Å². The predicted octanol–water partition coefficient (Wildman–Crippen LogP) is 4.38. The largest absolute Gasteiger partial charge is 0.605 e. The molecule has 37 heavy (non-hydrogen) atoms. The van der Waals surface area contributed by atoms with Crippen molar-refractivity contribution in [1.29, 1.82) is 5.41 Å². The summed E-state index contributed by atoms with van der Waals surface area (Å²) in [5, 5.41) is 12.0. The van der Waals surface area contributed by atoms with Crippen molar-refractivity contribution in [3.05, 3.63) is 95.2 Å². The minimum atomic E-state index is -1.79. The first-order valence-electron chi connectivity index (χ1n) is 11.9. The fourth-order valence-electron chi connectivity index (χ4n) is 3.92. The maximum atomic E-state index is 13.7. The number of pyridine rings is 1. The first-order chi connectivity index (χ1) is 17.8. The second-order valence-electron chi connectivity index (χ2n) is 9.05. The Bertz CT molecular complexity index is 1310. The highest BCUT2D eigenvalue weighted by Gasteiger charge is 2.43. The molecule has 0 aliphatic carbocycles. The molecule has 3 amide bonds. The van der Waals surface area contributed by atoms with Gasteiger partial charge in [0.2, 0.25) is 5.03 Å². The third-order valence-corrected chi connectivity index (χ3v) is 7.25. The molecule has 1 unspecified atom stereocenters. The van der Waals surface area contributed by atoms with E-state index in [0.29, 0.717) is 4.90 Å². The lowest BCUT2D eigenvalue weighted by Crippen LogP contribution is -2.56. The van der Waals surface area contributed by atoms with Crippen molar-refractivity contribution in [2.24, 2.45) is 5.92 Å². The second-order valence-corrected chi connectivity index (χ2v) is 10.5. The summed E-state index contributed by atoms with van der Waals surface area (Å²) in [6.07, 6.45) is 1.74. The third kappa shape index (κ3) is 5.73. The smallest absolute Gasteiger partial charge is 0.332 e. The van der Waals surface area contributed by atoms with Gasteiger partial charge in [-0.2, -0.15) is 0 Å². The summed E-state index contributed by atoms with van der Waals surface area (Å²) in [5.41, 5.74) is 2.63. The molecule has 9 heteroatoms. The summed E-state index contributed by atoms with van der Waals surface area (Å²) in [4.78, 5) is 33.1. The molecule has 1 saturated heterocycles. The molecule has 0 saturated carbocycles. The van der Waals surface area contributed by atoms with Crippen LogP contribution in [0, 0.1) is 11.3 Å². The van der Waals surface area contributed by atoms with Gasteiger partial charge in [-0.3, -0.25) is 25.0 Å². The number of hydrogen-bond acceptors (Lipinski definition) is 6. The van der Waals surface area contributed by atoms with Gasteiger partial charge in [-0.05, 0) is 35.7 Å². The van der Waals surface area contributed by atoms with Crippen molar-refractivity contribution >= 4 is 28.9 Å². The summed E-state index contributed by atoms with van der Waals surface area (Å²) in [7, 11) is 1.38. The van der Waals surface area contributed by atoms with Gasteiger partial charge < -0.3 is 9.87 Å². The van der Waals surface area contributed by atoms with Gasteiger partial charge in [0.15, 0.2) is 10.5 Å². The van der Waals surface area contributed by atoms with Crippen LogP contribution in [0.25, 0.3) is 11.3 Å². The van der Waals surface area contributed by atoms with Crippen LogP contribution in [-0.4, -0.2) is 50.7 Å². The van der Waals surface area contributed by atoms with E-state index in [0.717, 1.165) is 21.7 Å². The number of amides is 3. The Morgan fingerprint density at radius 1 is 1.03 bits per heavy atom. The summed E-state index contributed by atoms with van der Waals surface area (Å²) >= 11 is -1.79. The van der Waals surface area contributed by atoms with Crippen molar-refractivity contribution < 1.29 is 14.1 Å². The molecule has 1 aliphatic rings. The summed E-state index contributed by atoms with van der Waals surface area (Å²) < 4.78 is 13.7. The highest BCUT2D eigenvalue weighted by Crippen LogP contribution is 2.27. The molecule has 1 aromatic heterocycles. The van der Waals surface area contributed by atoms with Crippen LogP contribution >= 0.6 is 0 Å². The Morgan fingerprint density at radius 2 is 1.70 bits per heavy atom. The Morgan fingerprint density at radius 3 is 2.32 bits per heavy atom. The molecule has 3 aromatic rings. The molecule has 1 atom stereocenters. The molecule has 2 heterocycles. The quantitative estimate of drug-likeness (QED) is 0.341. The molecule has 4 rings (SSSR count). The zero-order valence-electron chi connectivity index (χ0n) is 21.0. The minimum absolute atomic E-state index is 0.0702. The number of carbonyl (C=O) groups is 2. The molecular weight excluding hydrogens is 486 g/mol. The van der Waals surface area contributed by atoms with Crippen LogP contribution in [0.1, 0.15) is 19.4 Å². The number of aromatic nitrogens is 1. The number of urea groups is 1. The number of imide groups is 1. The number of nitrogens with one attached hydrogen (secondary N) is 2. The van der Waals surface area contributed by atoms with E-state index in [4.69, 9.17) is 5.41 Å². The van der Waals surface area contributed by atoms with E-state index >= 15 is 0 Å². The highest BCUT2D eigenvalue weighted by molar-refractivity contribution is 7.95. The average Bonchev–Trinajstić information content (AvgIpc) is 2.92. The maximum absolute atomic E-state index is 13.7. The average molecular weight is 516 g/mol. The Labute approximate surface area is 219 Å². The van der Waals surface area contributed by atoms with Crippen molar-refractivity contribution in [2.45, 2.75) is 25.3 Å². The maximum Gasteiger partial charge on any atom is 0.332 e. The van der Waals surface area contributed by atoms with Crippen LogP contribution in [-0.2, 0) is 22.5 Å². The molecule has 2 N–H and O–H groups in total. The van der Waals surface area contributed by atoms with E-state index in [2.05, 4.69) is 10.3 Å². The number of hydrogen-bond donors (Lipinski definition) is 2. The summed E-state index contributed by atoms with van der Waals surface area (Å²) in [5.74, 6) is -0.841. The predicted molar refractivity (Wildman–Crippen MR) is 144 cm³/mol. The zero-order chi connectivity index (χ0) is 26.5. The van der Waals surface area contributed by atoms with E-state index in [1.807, 2.05) is 62.4 Å². The van der Waals surface area contributed by atoms with Gasteiger partial charge >= 0.3 is 6.03 Å². The number of nitrogens with zero attached hydrogens (tertiary/aromatic N) is 3. The van der Waals surface area contributed by atoms with E-state index in [9.17, 15) is 14.1 Å².